The van der Waals surface area contributed by atoms with E-state index in [2.05, 4.69) is 15.3 Å². The van der Waals surface area contributed by atoms with Crippen molar-refractivity contribution in [3.63, 3.8) is 0 Å². The van der Waals surface area contributed by atoms with Crippen LogP contribution in [0.3, 0.4) is 0 Å². The second kappa shape index (κ2) is 4.27. The molecule has 0 bridgehead atoms. The number of fused-ring (bicyclic) bond motifs is 1. The van der Waals surface area contributed by atoms with Gasteiger partial charge in [0.15, 0.2) is 5.78 Å². The number of hydrogen-bond acceptors (Lipinski definition) is 4. The number of hydrogen-bond donors (Lipinski definition) is 2. The molecule has 5 heteroatoms. The van der Waals surface area contributed by atoms with Gasteiger partial charge in [-0.3, -0.25) is 4.79 Å². The number of thiophene rings is 1. The zero-order chi connectivity index (χ0) is 12.5. The van der Waals surface area contributed by atoms with Gasteiger partial charge in [0.25, 0.3) is 0 Å². The van der Waals surface area contributed by atoms with E-state index in [4.69, 9.17) is 0 Å². The minimum Gasteiger partial charge on any atom is -0.354 e. The first kappa shape index (κ1) is 11.0. The SMILES string of the molecule is CC(=O)c1sccc1Nc1ccnc2[nH]ccc12. The van der Waals surface area contributed by atoms with E-state index in [0.717, 1.165) is 27.3 Å². The highest BCUT2D eigenvalue weighted by Crippen LogP contribution is 2.29. The molecule has 3 aromatic heterocycles. The van der Waals surface area contributed by atoms with E-state index in [9.17, 15) is 4.79 Å². The number of carbonyl (C=O) groups excluding carboxylic acids is 1. The van der Waals surface area contributed by atoms with Crippen molar-refractivity contribution in [1.82, 2.24) is 9.97 Å². The molecule has 0 saturated heterocycles. The first-order valence-corrected chi connectivity index (χ1v) is 6.41. The van der Waals surface area contributed by atoms with Crippen LogP contribution in [0.1, 0.15) is 16.6 Å². The number of carbonyl (C=O) groups is 1. The van der Waals surface area contributed by atoms with E-state index < -0.39 is 0 Å². The lowest BCUT2D eigenvalue weighted by atomic mass is 10.2. The molecular formula is C13H11N3OS. The molecule has 0 amide bonds. The van der Waals surface area contributed by atoms with Gasteiger partial charge in [-0.05, 0) is 23.6 Å². The van der Waals surface area contributed by atoms with Gasteiger partial charge in [-0.25, -0.2) is 4.98 Å². The molecule has 4 nitrogen and oxygen atoms in total. The Balaban J connectivity index is 2.04. The lowest BCUT2D eigenvalue weighted by molar-refractivity contribution is 0.102. The molecule has 0 spiro atoms. The van der Waals surface area contributed by atoms with Gasteiger partial charge in [0.05, 0.1) is 16.3 Å². The highest BCUT2D eigenvalue weighted by atomic mass is 32.1. The van der Waals surface area contributed by atoms with Crippen LogP contribution in [-0.2, 0) is 0 Å². The Morgan fingerprint density at radius 3 is 3.06 bits per heavy atom. The first-order chi connectivity index (χ1) is 8.75. The molecule has 0 aliphatic rings. The predicted molar refractivity (Wildman–Crippen MR) is 73.7 cm³/mol. The summed E-state index contributed by atoms with van der Waals surface area (Å²) in [5.74, 6) is 0.0758. The summed E-state index contributed by atoms with van der Waals surface area (Å²) >= 11 is 1.45. The molecule has 90 valence electrons. The second-order valence-corrected chi connectivity index (χ2v) is 4.86. The number of ketones is 1. The van der Waals surface area contributed by atoms with Crippen molar-refractivity contribution in [2.24, 2.45) is 0 Å². The van der Waals surface area contributed by atoms with Crippen molar-refractivity contribution in [3.05, 3.63) is 40.8 Å². The molecule has 0 saturated carbocycles. The smallest absolute Gasteiger partial charge is 0.171 e. The van der Waals surface area contributed by atoms with E-state index in [-0.39, 0.29) is 5.78 Å². The van der Waals surface area contributed by atoms with E-state index >= 15 is 0 Å². The molecule has 0 radical (unpaired) electrons. The Bertz CT molecular complexity index is 714. The number of pyridine rings is 1. The van der Waals surface area contributed by atoms with E-state index in [0.29, 0.717) is 0 Å². The fourth-order valence-corrected chi connectivity index (χ4v) is 2.65. The number of nitrogens with zero attached hydrogens (tertiary/aromatic N) is 1. The highest BCUT2D eigenvalue weighted by Gasteiger charge is 2.10. The van der Waals surface area contributed by atoms with Crippen molar-refractivity contribution < 1.29 is 4.79 Å². The molecule has 2 N–H and O–H groups in total. The Morgan fingerprint density at radius 2 is 2.22 bits per heavy atom. The van der Waals surface area contributed by atoms with Gasteiger partial charge in [0.1, 0.15) is 5.65 Å². The molecule has 0 fully saturated rings. The lowest BCUT2D eigenvalue weighted by Gasteiger charge is -2.07. The summed E-state index contributed by atoms with van der Waals surface area (Å²) in [5.41, 5.74) is 2.63. The van der Waals surface area contributed by atoms with Crippen LogP contribution in [0.5, 0.6) is 0 Å². The predicted octanol–water partition coefficient (Wildman–Crippen LogP) is 3.57. The standard InChI is InChI=1S/C13H11N3OS/c1-8(17)12-11(4-7-18-12)16-10-3-6-15-13-9(10)2-5-14-13/h2-7H,1H3,(H2,14,15,16). The molecule has 3 aromatic rings. The second-order valence-electron chi connectivity index (χ2n) is 3.94. The van der Waals surface area contributed by atoms with Gasteiger partial charge in [-0.15, -0.1) is 11.3 Å². The zero-order valence-electron chi connectivity index (χ0n) is 9.73. The molecule has 0 aliphatic carbocycles. The normalized spacial score (nSPS) is 10.7. The van der Waals surface area contributed by atoms with Crippen LogP contribution in [0, 0.1) is 0 Å². The summed E-state index contributed by atoms with van der Waals surface area (Å²) in [7, 11) is 0. The Kier molecular flexibility index (Phi) is 2.60. The van der Waals surface area contributed by atoms with Crippen LogP contribution in [-0.4, -0.2) is 15.8 Å². The van der Waals surface area contributed by atoms with Crippen molar-refractivity contribution >= 4 is 39.5 Å². The summed E-state index contributed by atoms with van der Waals surface area (Å²) in [4.78, 5) is 19.5. The number of Topliss-reactive ketones (excluding diaryl/α,β-unsaturated/α-hetero) is 1. The number of aromatic amines is 1. The third-order valence-electron chi connectivity index (χ3n) is 2.71. The molecule has 18 heavy (non-hydrogen) atoms. The molecule has 3 heterocycles. The lowest BCUT2D eigenvalue weighted by Crippen LogP contribution is -1.96. The third-order valence-corrected chi connectivity index (χ3v) is 3.73. The van der Waals surface area contributed by atoms with Crippen molar-refractivity contribution in [1.29, 1.82) is 0 Å². The van der Waals surface area contributed by atoms with Gasteiger partial charge < -0.3 is 10.3 Å². The van der Waals surface area contributed by atoms with Crippen LogP contribution in [0.4, 0.5) is 11.4 Å². The Morgan fingerprint density at radius 1 is 1.33 bits per heavy atom. The fourth-order valence-electron chi connectivity index (χ4n) is 1.90. The molecule has 0 aromatic carbocycles. The third kappa shape index (κ3) is 1.78. The quantitative estimate of drug-likeness (QED) is 0.705. The first-order valence-electron chi connectivity index (χ1n) is 5.53. The van der Waals surface area contributed by atoms with Gasteiger partial charge >= 0.3 is 0 Å². The van der Waals surface area contributed by atoms with Crippen LogP contribution in [0.2, 0.25) is 0 Å². The molecule has 0 unspecified atom stereocenters. The summed E-state index contributed by atoms with van der Waals surface area (Å²) in [6.45, 7) is 1.58. The maximum Gasteiger partial charge on any atom is 0.171 e. The van der Waals surface area contributed by atoms with Crippen molar-refractivity contribution in [2.75, 3.05) is 5.32 Å². The largest absolute Gasteiger partial charge is 0.354 e. The fraction of sp³-hybridized carbons (Fsp3) is 0.0769. The molecule has 3 rings (SSSR count). The van der Waals surface area contributed by atoms with Gasteiger partial charge in [0, 0.05) is 24.7 Å². The molecular weight excluding hydrogens is 246 g/mol. The van der Waals surface area contributed by atoms with Gasteiger partial charge in [-0.1, -0.05) is 0 Å². The maximum absolute atomic E-state index is 11.5. The van der Waals surface area contributed by atoms with Crippen LogP contribution >= 0.6 is 11.3 Å². The van der Waals surface area contributed by atoms with E-state index in [1.807, 2.05) is 29.8 Å². The minimum absolute atomic E-state index is 0.0758. The Labute approximate surface area is 108 Å². The monoisotopic (exact) mass is 257 g/mol. The summed E-state index contributed by atoms with van der Waals surface area (Å²) in [6, 6.07) is 5.78. The number of aromatic nitrogens is 2. The summed E-state index contributed by atoms with van der Waals surface area (Å²) in [5, 5.41) is 6.22. The number of anilines is 2. The minimum atomic E-state index is 0.0758. The van der Waals surface area contributed by atoms with Crippen LogP contribution in [0.15, 0.2) is 36.0 Å². The molecule has 0 atom stereocenters. The van der Waals surface area contributed by atoms with Gasteiger partial charge in [0.2, 0.25) is 0 Å². The van der Waals surface area contributed by atoms with Crippen LogP contribution < -0.4 is 5.32 Å². The average molecular weight is 257 g/mol. The van der Waals surface area contributed by atoms with E-state index in [1.54, 1.807) is 13.1 Å². The van der Waals surface area contributed by atoms with Crippen LogP contribution in [0.25, 0.3) is 11.0 Å². The number of rotatable bonds is 3. The van der Waals surface area contributed by atoms with Gasteiger partial charge in [-0.2, -0.15) is 0 Å². The van der Waals surface area contributed by atoms with E-state index in [1.165, 1.54) is 11.3 Å². The highest BCUT2D eigenvalue weighted by molar-refractivity contribution is 7.12. The number of H-pyrrole nitrogens is 1. The van der Waals surface area contributed by atoms with Crippen molar-refractivity contribution in [2.45, 2.75) is 6.92 Å². The zero-order valence-corrected chi connectivity index (χ0v) is 10.5. The maximum atomic E-state index is 11.5. The average Bonchev–Trinajstić information content (AvgIpc) is 2.96. The topological polar surface area (TPSA) is 57.8 Å². The summed E-state index contributed by atoms with van der Waals surface area (Å²) < 4.78 is 0. The number of nitrogens with one attached hydrogen (secondary N) is 2. The summed E-state index contributed by atoms with van der Waals surface area (Å²) in [6.07, 6.45) is 3.59. The Hall–Kier alpha value is -2.14. The molecule has 0 aliphatic heterocycles. The van der Waals surface area contributed by atoms with Crippen molar-refractivity contribution in [3.8, 4) is 0 Å².